The number of hydrogen-bond acceptors (Lipinski definition) is 8. The standard InChI is InChI=1S/C28H25ClF4N2O7S/c1-40-26(37)10-7-19-16-35(43(38,39)25-14-18(29)15-34-27(25)41-12-11-36)23-13-17(6-9-24(23)42-19)5-8-20-21(28(31,32)33)3-2-4-22(20)30/h2-6,8-9,13-15,19,36H,7,10-12,16H2,1H3/b8-5+/t19-/m0/s1. The lowest BCUT2D eigenvalue weighted by molar-refractivity contribution is -0.141. The summed E-state index contributed by atoms with van der Waals surface area (Å²) in [5, 5.41) is 9.15. The quantitative estimate of drug-likeness (QED) is 0.179. The fraction of sp³-hybridized carbons (Fsp3) is 0.286. The number of sulfonamides is 1. The fourth-order valence-corrected chi connectivity index (χ4v) is 6.12. The average molecular weight is 645 g/mol. The maximum atomic E-state index is 14.4. The monoisotopic (exact) mass is 644 g/mol. The van der Waals surface area contributed by atoms with Crippen LogP contribution in [0.3, 0.4) is 0 Å². The second-order valence-electron chi connectivity index (χ2n) is 9.18. The number of halogens is 5. The summed E-state index contributed by atoms with van der Waals surface area (Å²) in [5.41, 5.74) is -1.62. The first-order chi connectivity index (χ1) is 20.3. The maximum absolute atomic E-state index is 14.4. The van der Waals surface area contributed by atoms with Gasteiger partial charge in [-0.15, -0.1) is 0 Å². The first-order valence-electron chi connectivity index (χ1n) is 12.7. The van der Waals surface area contributed by atoms with Crippen LogP contribution in [-0.2, 0) is 25.7 Å². The van der Waals surface area contributed by atoms with Crippen LogP contribution in [-0.4, -0.2) is 57.4 Å². The molecule has 0 fully saturated rings. The van der Waals surface area contributed by atoms with E-state index in [0.29, 0.717) is 0 Å². The number of fused-ring (bicyclic) bond motifs is 1. The Morgan fingerprint density at radius 1 is 1.23 bits per heavy atom. The molecular weight excluding hydrogens is 620 g/mol. The number of nitrogens with zero attached hydrogens (tertiary/aromatic N) is 2. The second kappa shape index (κ2) is 13.2. The van der Waals surface area contributed by atoms with Gasteiger partial charge in [-0.25, -0.2) is 17.8 Å². The Hall–Kier alpha value is -3.88. The molecule has 0 aliphatic carbocycles. The minimum absolute atomic E-state index is 0.00845. The summed E-state index contributed by atoms with van der Waals surface area (Å²) in [5.74, 6) is -1.85. The number of benzene rings is 2. The van der Waals surface area contributed by atoms with E-state index in [1.165, 1.54) is 37.6 Å². The molecule has 3 aromatic rings. The molecule has 1 aliphatic heterocycles. The third kappa shape index (κ3) is 7.37. The predicted molar refractivity (Wildman–Crippen MR) is 149 cm³/mol. The van der Waals surface area contributed by atoms with Crippen LogP contribution in [0.15, 0.2) is 53.6 Å². The molecule has 230 valence electrons. The first-order valence-corrected chi connectivity index (χ1v) is 14.5. The van der Waals surface area contributed by atoms with Gasteiger partial charge in [0.2, 0.25) is 5.88 Å². The van der Waals surface area contributed by atoms with Crippen molar-refractivity contribution in [2.24, 2.45) is 0 Å². The minimum Gasteiger partial charge on any atom is -0.486 e. The molecule has 15 heteroatoms. The van der Waals surface area contributed by atoms with Gasteiger partial charge in [-0.05, 0) is 42.3 Å². The number of ether oxygens (including phenoxy) is 3. The lowest BCUT2D eigenvalue weighted by Gasteiger charge is -2.35. The molecule has 1 atom stereocenters. The highest BCUT2D eigenvalue weighted by Gasteiger charge is 2.37. The number of aliphatic hydroxyl groups excluding tert-OH is 1. The van der Waals surface area contributed by atoms with Gasteiger partial charge in [0.25, 0.3) is 10.0 Å². The Balaban J connectivity index is 1.79. The normalized spacial score (nSPS) is 15.2. The van der Waals surface area contributed by atoms with E-state index in [1.54, 1.807) is 0 Å². The topological polar surface area (TPSA) is 115 Å². The number of aromatic nitrogens is 1. The van der Waals surface area contributed by atoms with Crippen LogP contribution in [0.5, 0.6) is 11.6 Å². The molecule has 0 unspecified atom stereocenters. The van der Waals surface area contributed by atoms with Crippen molar-refractivity contribution in [1.82, 2.24) is 4.98 Å². The van der Waals surface area contributed by atoms with Gasteiger partial charge in [0.1, 0.15) is 24.3 Å². The Labute approximate surface area is 249 Å². The van der Waals surface area contributed by atoms with E-state index in [1.807, 2.05) is 0 Å². The Kier molecular flexibility index (Phi) is 9.82. The van der Waals surface area contributed by atoms with Crippen molar-refractivity contribution in [2.45, 2.75) is 30.0 Å². The van der Waals surface area contributed by atoms with Crippen LogP contribution < -0.4 is 13.8 Å². The van der Waals surface area contributed by atoms with Crippen molar-refractivity contribution in [3.05, 3.63) is 76.2 Å². The molecule has 2 heterocycles. The molecule has 0 spiro atoms. The van der Waals surface area contributed by atoms with Gasteiger partial charge in [-0.3, -0.25) is 9.10 Å². The van der Waals surface area contributed by atoms with Gasteiger partial charge in [0, 0.05) is 18.2 Å². The Bertz CT molecular complexity index is 1630. The smallest absolute Gasteiger partial charge is 0.417 e. The molecule has 1 N–H and O–H groups in total. The van der Waals surface area contributed by atoms with Crippen molar-refractivity contribution >= 4 is 45.4 Å². The van der Waals surface area contributed by atoms with Crippen LogP contribution in [0.2, 0.25) is 5.02 Å². The summed E-state index contributed by atoms with van der Waals surface area (Å²) in [6.07, 6.45) is -2.27. The summed E-state index contributed by atoms with van der Waals surface area (Å²) < 4.78 is 99.9. The molecule has 1 aliphatic rings. The molecule has 9 nitrogen and oxygen atoms in total. The number of rotatable bonds is 10. The SMILES string of the molecule is COC(=O)CC[C@H]1CN(S(=O)(=O)c2cc(Cl)cnc2OCCO)c2cc(/C=C/c3c(F)cccc3C(F)(F)F)ccc2O1. The zero-order chi connectivity index (χ0) is 31.4. The zero-order valence-electron chi connectivity index (χ0n) is 22.5. The molecule has 0 bridgehead atoms. The molecule has 1 aromatic heterocycles. The van der Waals surface area contributed by atoms with Crippen molar-refractivity contribution in [3.63, 3.8) is 0 Å². The van der Waals surface area contributed by atoms with Gasteiger partial charge in [-0.2, -0.15) is 13.2 Å². The van der Waals surface area contributed by atoms with Crippen LogP contribution in [0, 0.1) is 5.82 Å². The van der Waals surface area contributed by atoms with Gasteiger partial charge in [-0.1, -0.05) is 35.9 Å². The number of aliphatic hydroxyl groups is 1. The number of esters is 1. The highest BCUT2D eigenvalue weighted by molar-refractivity contribution is 7.93. The predicted octanol–water partition coefficient (Wildman–Crippen LogP) is 5.34. The van der Waals surface area contributed by atoms with E-state index in [4.69, 9.17) is 21.1 Å². The lowest BCUT2D eigenvalue weighted by Crippen LogP contribution is -2.44. The van der Waals surface area contributed by atoms with Crippen LogP contribution in [0.4, 0.5) is 23.2 Å². The summed E-state index contributed by atoms with van der Waals surface area (Å²) in [6.45, 7) is -0.964. The van der Waals surface area contributed by atoms with Gasteiger partial charge in [0.05, 0.1) is 36.5 Å². The number of pyridine rings is 1. The van der Waals surface area contributed by atoms with E-state index in [9.17, 15) is 35.9 Å². The Morgan fingerprint density at radius 3 is 2.70 bits per heavy atom. The number of methoxy groups -OCH3 is 1. The molecule has 4 rings (SSSR count). The first kappa shape index (κ1) is 32.0. The molecule has 2 aromatic carbocycles. The van der Waals surface area contributed by atoms with E-state index in [2.05, 4.69) is 9.72 Å². The highest BCUT2D eigenvalue weighted by atomic mass is 35.5. The van der Waals surface area contributed by atoms with Crippen molar-refractivity contribution in [3.8, 4) is 11.6 Å². The van der Waals surface area contributed by atoms with E-state index in [0.717, 1.165) is 34.6 Å². The van der Waals surface area contributed by atoms with Crippen molar-refractivity contribution in [1.29, 1.82) is 0 Å². The molecular formula is C28H25ClF4N2O7S. The summed E-state index contributed by atoms with van der Waals surface area (Å²) >= 11 is 6.06. The third-order valence-electron chi connectivity index (χ3n) is 6.30. The highest BCUT2D eigenvalue weighted by Crippen LogP contribution is 2.41. The molecule has 0 saturated carbocycles. The molecule has 0 amide bonds. The number of carbonyl (C=O) groups excluding carboxylic acids is 1. The zero-order valence-corrected chi connectivity index (χ0v) is 24.0. The summed E-state index contributed by atoms with van der Waals surface area (Å²) in [7, 11) is -3.29. The van der Waals surface area contributed by atoms with Gasteiger partial charge < -0.3 is 19.3 Å². The maximum Gasteiger partial charge on any atom is 0.417 e. The minimum atomic E-state index is -4.81. The van der Waals surface area contributed by atoms with E-state index >= 15 is 0 Å². The number of alkyl halides is 3. The number of hydrogen-bond donors (Lipinski definition) is 1. The van der Waals surface area contributed by atoms with Crippen molar-refractivity contribution < 1.29 is 50.1 Å². The van der Waals surface area contributed by atoms with Crippen LogP contribution in [0.1, 0.15) is 29.5 Å². The van der Waals surface area contributed by atoms with Gasteiger partial charge >= 0.3 is 12.1 Å². The average Bonchev–Trinajstić information content (AvgIpc) is 2.97. The summed E-state index contributed by atoms with van der Waals surface area (Å²) in [6, 6.07) is 7.93. The lowest BCUT2D eigenvalue weighted by atomic mass is 10.0. The van der Waals surface area contributed by atoms with E-state index in [-0.39, 0.29) is 53.9 Å². The summed E-state index contributed by atoms with van der Waals surface area (Å²) in [4.78, 5) is 15.3. The largest absolute Gasteiger partial charge is 0.486 e. The van der Waals surface area contributed by atoms with Crippen LogP contribution in [0.25, 0.3) is 12.2 Å². The third-order valence-corrected chi connectivity index (χ3v) is 8.28. The molecule has 0 radical (unpaired) electrons. The number of anilines is 1. The molecule has 43 heavy (non-hydrogen) atoms. The fourth-order valence-electron chi connectivity index (χ4n) is 4.29. The van der Waals surface area contributed by atoms with Crippen LogP contribution >= 0.6 is 11.6 Å². The Morgan fingerprint density at radius 2 is 2.00 bits per heavy atom. The molecule has 0 saturated heterocycles. The second-order valence-corrected chi connectivity index (χ2v) is 11.4. The van der Waals surface area contributed by atoms with Crippen molar-refractivity contribution in [2.75, 3.05) is 31.2 Å². The van der Waals surface area contributed by atoms with E-state index < -0.39 is 56.7 Å². The van der Waals surface area contributed by atoms with Gasteiger partial charge in [0.15, 0.2) is 4.90 Å². The number of carbonyl (C=O) groups is 1.